The van der Waals surface area contributed by atoms with Gasteiger partial charge >= 0.3 is 0 Å². The Bertz CT molecular complexity index is 824. The molecule has 2 aromatic rings. The molecule has 0 aliphatic carbocycles. The van der Waals surface area contributed by atoms with Crippen molar-refractivity contribution in [2.75, 3.05) is 13.6 Å². The summed E-state index contributed by atoms with van der Waals surface area (Å²) in [6, 6.07) is 14.4. The van der Waals surface area contributed by atoms with Crippen LogP contribution >= 0.6 is 0 Å². The molecule has 0 aliphatic heterocycles. The number of nitrogens with zero attached hydrogens (tertiary/aromatic N) is 1. The highest BCUT2D eigenvalue weighted by molar-refractivity contribution is 7.89. The van der Waals surface area contributed by atoms with Crippen LogP contribution in [0.5, 0.6) is 0 Å². The van der Waals surface area contributed by atoms with Crippen molar-refractivity contribution in [2.24, 2.45) is 0 Å². The number of hydrogen-bond acceptors (Lipinski definition) is 3. The standard InChI is InChI=1S/C19H23FN2O3S/c1-15(8-9-16-6-4-3-5-7-16)21-19(23)14-22(2)26(24,25)18-12-10-17(20)11-13-18/h3-7,10-13,15H,8-9,14H2,1-2H3,(H,21,23)/t15-/m0/s1. The summed E-state index contributed by atoms with van der Waals surface area (Å²) < 4.78 is 38.7. The fraction of sp³-hybridized carbons (Fsp3) is 0.316. The summed E-state index contributed by atoms with van der Waals surface area (Å²) in [6.45, 7) is 1.59. The first-order valence-electron chi connectivity index (χ1n) is 8.34. The van der Waals surface area contributed by atoms with Crippen LogP contribution < -0.4 is 5.32 Å². The van der Waals surface area contributed by atoms with E-state index in [4.69, 9.17) is 0 Å². The lowest BCUT2D eigenvalue weighted by Gasteiger charge is -2.19. The number of rotatable bonds is 8. The number of likely N-dealkylation sites (N-methyl/N-ethyl adjacent to an activating group) is 1. The third kappa shape index (κ3) is 5.64. The Kier molecular flexibility index (Phi) is 6.88. The smallest absolute Gasteiger partial charge is 0.243 e. The van der Waals surface area contributed by atoms with Gasteiger partial charge in [-0.2, -0.15) is 4.31 Å². The predicted molar refractivity (Wildman–Crippen MR) is 98.6 cm³/mol. The molecule has 0 fully saturated rings. The molecule has 0 saturated heterocycles. The third-order valence-electron chi connectivity index (χ3n) is 4.00. The van der Waals surface area contributed by atoms with Crippen molar-refractivity contribution >= 4 is 15.9 Å². The molecule has 0 saturated carbocycles. The SMILES string of the molecule is C[C@@H](CCc1ccccc1)NC(=O)CN(C)S(=O)(=O)c1ccc(F)cc1. The summed E-state index contributed by atoms with van der Waals surface area (Å²) in [4.78, 5) is 12.1. The summed E-state index contributed by atoms with van der Waals surface area (Å²) in [5.74, 6) is -0.893. The van der Waals surface area contributed by atoms with Crippen LogP contribution in [0.15, 0.2) is 59.5 Å². The second kappa shape index (κ2) is 8.91. The quantitative estimate of drug-likeness (QED) is 0.768. The minimum absolute atomic E-state index is 0.0497. The molecule has 0 spiro atoms. The van der Waals surface area contributed by atoms with Crippen molar-refractivity contribution in [3.63, 3.8) is 0 Å². The van der Waals surface area contributed by atoms with Gasteiger partial charge in [-0.25, -0.2) is 12.8 Å². The van der Waals surface area contributed by atoms with Crippen molar-refractivity contribution in [1.29, 1.82) is 0 Å². The van der Waals surface area contributed by atoms with Crippen LogP contribution in [0.4, 0.5) is 4.39 Å². The first kappa shape index (κ1) is 20.1. The van der Waals surface area contributed by atoms with E-state index in [9.17, 15) is 17.6 Å². The highest BCUT2D eigenvalue weighted by atomic mass is 32.2. The van der Waals surface area contributed by atoms with Crippen molar-refractivity contribution in [2.45, 2.75) is 30.7 Å². The molecule has 0 bridgehead atoms. The predicted octanol–water partition coefficient (Wildman–Crippen LogP) is 2.58. The van der Waals surface area contributed by atoms with Gasteiger partial charge in [0, 0.05) is 13.1 Å². The Morgan fingerprint density at radius 3 is 2.35 bits per heavy atom. The van der Waals surface area contributed by atoms with Crippen LogP contribution in [0, 0.1) is 5.82 Å². The van der Waals surface area contributed by atoms with Gasteiger partial charge in [-0.05, 0) is 49.6 Å². The van der Waals surface area contributed by atoms with Crippen LogP contribution in [-0.2, 0) is 21.2 Å². The highest BCUT2D eigenvalue weighted by Crippen LogP contribution is 2.14. The number of amides is 1. The largest absolute Gasteiger partial charge is 0.352 e. The zero-order chi connectivity index (χ0) is 19.2. The van der Waals surface area contributed by atoms with Gasteiger partial charge in [0.2, 0.25) is 15.9 Å². The summed E-state index contributed by atoms with van der Waals surface area (Å²) in [7, 11) is -2.51. The normalized spacial score (nSPS) is 12.8. The van der Waals surface area contributed by atoms with E-state index < -0.39 is 15.8 Å². The molecule has 1 N–H and O–H groups in total. The summed E-state index contributed by atoms with van der Waals surface area (Å²) in [6.07, 6.45) is 1.58. The first-order valence-corrected chi connectivity index (χ1v) is 9.78. The number of aryl methyl sites for hydroxylation is 1. The van der Waals surface area contributed by atoms with E-state index in [1.807, 2.05) is 37.3 Å². The maximum absolute atomic E-state index is 13.0. The fourth-order valence-electron chi connectivity index (χ4n) is 2.49. The van der Waals surface area contributed by atoms with Crippen molar-refractivity contribution < 1.29 is 17.6 Å². The van der Waals surface area contributed by atoms with Crippen LogP contribution in [0.25, 0.3) is 0 Å². The Balaban J connectivity index is 1.86. The molecule has 2 rings (SSSR count). The number of benzene rings is 2. The number of carbonyl (C=O) groups is 1. The lowest BCUT2D eigenvalue weighted by molar-refractivity contribution is -0.121. The summed E-state index contributed by atoms with van der Waals surface area (Å²) >= 11 is 0. The molecule has 7 heteroatoms. The van der Waals surface area contributed by atoms with Crippen LogP contribution in [0.2, 0.25) is 0 Å². The number of carbonyl (C=O) groups excluding carboxylic acids is 1. The molecule has 0 aliphatic rings. The second-order valence-electron chi connectivity index (χ2n) is 6.21. The monoisotopic (exact) mass is 378 g/mol. The molecular weight excluding hydrogens is 355 g/mol. The number of hydrogen-bond donors (Lipinski definition) is 1. The van der Waals surface area contributed by atoms with E-state index in [2.05, 4.69) is 5.32 Å². The maximum atomic E-state index is 13.0. The van der Waals surface area contributed by atoms with Gasteiger partial charge in [-0.15, -0.1) is 0 Å². The van der Waals surface area contributed by atoms with Crippen LogP contribution in [-0.4, -0.2) is 38.3 Å². The second-order valence-corrected chi connectivity index (χ2v) is 8.25. The molecule has 5 nitrogen and oxygen atoms in total. The zero-order valence-electron chi connectivity index (χ0n) is 14.9. The molecule has 0 radical (unpaired) electrons. The number of sulfonamides is 1. The molecule has 0 aromatic heterocycles. The third-order valence-corrected chi connectivity index (χ3v) is 5.82. The van der Waals surface area contributed by atoms with Crippen molar-refractivity contribution in [3.05, 3.63) is 66.0 Å². The minimum atomic E-state index is -3.84. The number of nitrogens with one attached hydrogen (secondary N) is 1. The Morgan fingerprint density at radius 1 is 1.12 bits per heavy atom. The van der Waals surface area contributed by atoms with E-state index in [0.29, 0.717) is 0 Å². The maximum Gasteiger partial charge on any atom is 0.243 e. The van der Waals surface area contributed by atoms with Gasteiger partial charge < -0.3 is 5.32 Å². The average Bonchev–Trinajstić information content (AvgIpc) is 2.61. The molecule has 2 aromatic carbocycles. The minimum Gasteiger partial charge on any atom is -0.352 e. The summed E-state index contributed by atoms with van der Waals surface area (Å²) in [5.41, 5.74) is 1.18. The molecule has 0 heterocycles. The molecule has 1 amide bonds. The molecule has 26 heavy (non-hydrogen) atoms. The Morgan fingerprint density at radius 2 is 1.73 bits per heavy atom. The van der Waals surface area contributed by atoms with Gasteiger partial charge in [-0.1, -0.05) is 30.3 Å². The Labute approximate surface area is 153 Å². The average molecular weight is 378 g/mol. The van der Waals surface area contributed by atoms with Crippen LogP contribution in [0.1, 0.15) is 18.9 Å². The number of halogens is 1. The van der Waals surface area contributed by atoms with E-state index in [1.54, 1.807) is 0 Å². The molecule has 140 valence electrons. The fourth-order valence-corrected chi connectivity index (χ4v) is 3.62. The summed E-state index contributed by atoms with van der Waals surface area (Å²) in [5, 5.41) is 2.81. The lowest BCUT2D eigenvalue weighted by atomic mass is 10.1. The molecule has 1 atom stereocenters. The van der Waals surface area contributed by atoms with E-state index in [1.165, 1.54) is 24.7 Å². The van der Waals surface area contributed by atoms with E-state index in [0.717, 1.165) is 29.3 Å². The van der Waals surface area contributed by atoms with Gasteiger partial charge in [0.05, 0.1) is 11.4 Å². The molecular formula is C19H23FN2O3S. The van der Waals surface area contributed by atoms with Gasteiger partial charge in [-0.3, -0.25) is 4.79 Å². The highest BCUT2D eigenvalue weighted by Gasteiger charge is 2.23. The Hall–Kier alpha value is -2.25. The molecule has 0 unspecified atom stereocenters. The topological polar surface area (TPSA) is 66.5 Å². The first-order chi connectivity index (χ1) is 12.3. The van der Waals surface area contributed by atoms with E-state index in [-0.39, 0.29) is 23.4 Å². The zero-order valence-corrected chi connectivity index (χ0v) is 15.7. The van der Waals surface area contributed by atoms with Gasteiger partial charge in [0.1, 0.15) is 5.82 Å². The van der Waals surface area contributed by atoms with Crippen molar-refractivity contribution in [3.8, 4) is 0 Å². The van der Waals surface area contributed by atoms with Crippen molar-refractivity contribution in [1.82, 2.24) is 9.62 Å². The lowest BCUT2D eigenvalue weighted by Crippen LogP contribution is -2.41. The van der Waals surface area contributed by atoms with E-state index >= 15 is 0 Å². The van der Waals surface area contributed by atoms with Crippen LogP contribution in [0.3, 0.4) is 0 Å². The van der Waals surface area contributed by atoms with Gasteiger partial charge in [0.25, 0.3) is 0 Å². The van der Waals surface area contributed by atoms with Gasteiger partial charge in [0.15, 0.2) is 0 Å².